The Kier molecular flexibility index (Phi) is 5.47. The van der Waals surface area contributed by atoms with E-state index in [9.17, 15) is 9.18 Å². The van der Waals surface area contributed by atoms with Crippen LogP contribution in [0.15, 0.2) is 73.2 Å². The van der Waals surface area contributed by atoms with E-state index in [0.29, 0.717) is 12.2 Å². The fourth-order valence-corrected chi connectivity index (χ4v) is 3.08. The Balaban J connectivity index is 1.42. The van der Waals surface area contributed by atoms with Crippen molar-refractivity contribution in [2.24, 2.45) is 7.05 Å². The first-order valence-corrected chi connectivity index (χ1v) is 9.28. The van der Waals surface area contributed by atoms with Crippen molar-refractivity contribution in [1.29, 1.82) is 0 Å². The molecule has 150 valence electrons. The van der Waals surface area contributed by atoms with E-state index in [0.717, 1.165) is 22.4 Å². The van der Waals surface area contributed by atoms with E-state index in [-0.39, 0.29) is 11.7 Å². The third kappa shape index (κ3) is 4.49. The molecule has 4 aromatic rings. The quantitative estimate of drug-likeness (QED) is 0.501. The van der Waals surface area contributed by atoms with Crippen molar-refractivity contribution >= 4 is 17.7 Å². The number of aromatic nitrogens is 5. The van der Waals surface area contributed by atoms with Gasteiger partial charge >= 0.3 is 0 Å². The Bertz CT molecular complexity index is 1160. The number of amides is 1. The van der Waals surface area contributed by atoms with Crippen LogP contribution in [0.3, 0.4) is 0 Å². The Labute approximate surface area is 172 Å². The summed E-state index contributed by atoms with van der Waals surface area (Å²) in [6.07, 6.45) is 8.23. The second-order valence-corrected chi connectivity index (χ2v) is 6.70. The van der Waals surface area contributed by atoms with Gasteiger partial charge in [-0.25, -0.2) is 9.07 Å². The van der Waals surface area contributed by atoms with Crippen LogP contribution in [0.4, 0.5) is 10.1 Å². The van der Waals surface area contributed by atoms with Gasteiger partial charge in [-0.1, -0.05) is 17.3 Å². The van der Waals surface area contributed by atoms with E-state index >= 15 is 0 Å². The van der Waals surface area contributed by atoms with Crippen LogP contribution in [0.2, 0.25) is 0 Å². The van der Waals surface area contributed by atoms with Crippen molar-refractivity contribution in [2.75, 3.05) is 5.32 Å². The average Bonchev–Trinajstić information content (AvgIpc) is 3.38. The van der Waals surface area contributed by atoms with Gasteiger partial charge < -0.3 is 5.32 Å². The van der Waals surface area contributed by atoms with E-state index in [1.807, 2.05) is 24.3 Å². The number of benzene rings is 2. The molecule has 30 heavy (non-hydrogen) atoms. The summed E-state index contributed by atoms with van der Waals surface area (Å²) in [5.41, 5.74) is 4.13. The normalized spacial score (nSPS) is 11.1. The summed E-state index contributed by atoms with van der Waals surface area (Å²) in [6.45, 7) is 0.612. The molecule has 2 aromatic carbocycles. The molecule has 8 heteroatoms. The Morgan fingerprint density at radius 3 is 2.60 bits per heavy atom. The first-order chi connectivity index (χ1) is 14.6. The molecule has 2 heterocycles. The zero-order chi connectivity index (χ0) is 20.9. The minimum Gasteiger partial charge on any atom is -0.323 e. The summed E-state index contributed by atoms with van der Waals surface area (Å²) < 4.78 is 16.6. The fraction of sp³-hybridized carbons (Fsp3) is 0.0909. The molecule has 0 unspecified atom stereocenters. The lowest BCUT2D eigenvalue weighted by Gasteiger charge is -2.05. The molecule has 7 nitrogen and oxygen atoms in total. The van der Waals surface area contributed by atoms with Crippen molar-refractivity contribution in [3.63, 3.8) is 0 Å². The van der Waals surface area contributed by atoms with Gasteiger partial charge in [0.1, 0.15) is 5.82 Å². The van der Waals surface area contributed by atoms with Gasteiger partial charge in [0.25, 0.3) is 0 Å². The molecule has 0 aliphatic heterocycles. The maximum Gasteiger partial charge on any atom is 0.248 e. The lowest BCUT2D eigenvalue weighted by molar-refractivity contribution is -0.111. The summed E-state index contributed by atoms with van der Waals surface area (Å²) in [5, 5.41) is 14.8. The van der Waals surface area contributed by atoms with Gasteiger partial charge in [-0.2, -0.15) is 5.10 Å². The molecule has 0 fully saturated rings. The highest BCUT2D eigenvalue weighted by Gasteiger charge is 2.09. The van der Waals surface area contributed by atoms with Crippen LogP contribution in [0.25, 0.3) is 17.3 Å². The number of carbonyl (C=O) groups is 1. The largest absolute Gasteiger partial charge is 0.323 e. The van der Waals surface area contributed by atoms with Crippen LogP contribution in [0, 0.1) is 5.82 Å². The zero-order valence-electron chi connectivity index (χ0n) is 16.2. The molecule has 0 saturated carbocycles. The van der Waals surface area contributed by atoms with Crippen molar-refractivity contribution in [2.45, 2.75) is 6.54 Å². The smallest absolute Gasteiger partial charge is 0.248 e. The molecule has 0 saturated heterocycles. The van der Waals surface area contributed by atoms with Crippen LogP contribution in [-0.2, 0) is 18.4 Å². The van der Waals surface area contributed by atoms with Crippen LogP contribution < -0.4 is 5.32 Å². The lowest BCUT2D eigenvalue weighted by Crippen LogP contribution is -2.08. The zero-order valence-corrected chi connectivity index (χ0v) is 16.2. The second-order valence-electron chi connectivity index (χ2n) is 6.70. The topological polar surface area (TPSA) is 77.6 Å². The number of anilines is 1. The molecule has 0 radical (unpaired) electrons. The third-order valence-corrected chi connectivity index (χ3v) is 4.54. The molecule has 0 spiro atoms. The Morgan fingerprint density at radius 2 is 1.90 bits per heavy atom. The fourth-order valence-electron chi connectivity index (χ4n) is 3.08. The van der Waals surface area contributed by atoms with Crippen LogP contribution in [0.5, 0.6) is 0 Å². The number of nitrogens with one attached hydrogen (secondary N) is 1. The van der Waals surface area contributed by atoms with Gasteiger partial charge in [-0.3, -0.25) is 9.48 Å². The third-order valence-electron chi connectivity index (χ3n) is 4.54. The van der Waals surface area contributed by atoms with Gasteiger partial charge in [0, 0.05) is 36.1 Å². The summed E-state index contributed by atoms with van der Waals surface area (Å²) >= 11 is 0. The summed E-state index contributed by atoms with van der Waals surface area (Å²) in [5.74, 6) is -0.558. The molecule has 0 aliphatic carbocycles. The monoisotopic (exact) mass is 402 g/mol. The minimum atomic E-state index is -0.301. The van der Waals surface area contributed by atoms with E-state index in [1.54, 1.807) is 53.2 Å². The minimum absolute atomic E-state index is 0.257. The predicted molar refractivity (Wildman–Crippen MR) is 112 cm³/mol. The Morgan fingerprint density at radius 1 is 1.13 bits per heavy atom. The Hall–Kier alpha value is -4.07. The van der Waals surface area contributed by atoms with Crippen molar-refractivity contribution in [3.05, 3.63) is 90.1 Å². The summed E-state index contributed by atoms with van der Waals surface area (Å²) in [4.78, 5) is 12.3. The maximum atomic E-state index is 13.2. The van der Waals surface area contributed by atoms with E-state index < -0.39 is 0 Å². The number of rotatable bonds is 6. The highest BCUT2D eigenvalue weighted by molar-refractivity contribution is 6.02. The van der Waals surface area contributed by atoms with E-state index in [1.165, 1.54) is 18.2 Å². The van der Waals surface area contributed by atoms with Gasteiger partial charge in [-0.05, 0) is 48.0 Å². The van der Waals surface area contributed by atoms with Crippen LogP contribution in [-0.4, -0.2) is 30.7 Å². The maximum absolute atomic E-state index is 13.2. The molecule has 1 N–H and O–H groups in total. The number of hydrogen-bond donors (Lipinski definition) is 1. The summed E-state index contributed by atoms with van der Waals surface area (Å²) in [7, 11) is 1.80. The lowest BCUT2D eigenvalue weighted by atomic mass is 10.1. The SMILES string of the molecule is Cn1ncc(C=CC(=O)Nc2ccc(Cn3ccnn3)cc2)c1-c1ccc(F)cc1. The second kappa shape index (κ2) is 8.52. The van der Waals surface area contributed by atoms with E-state index in [4.69, 9.17) is 0 Å². The van der Waals surface area contributed by atoms with Crippen molar-refractivity contribution in [3.8, 4) is 11.3 Å². The number of carbonyl (C=O) groups excluding carboxylic acids is 1. The highest BCUT2D eigenvalue weighted by Crippen LogP contribution is 2.24. The predicted octanol–water partition coefficient (Wildman–Crippen LogP) is 3.52. The number of halogens is 1. The molecule has 0 bridgehead atoms. The number of hydrogen-bond acceptors (Lipinski definition) is 4. The van der Waals surface area contributed by atoms with Crippen molar-refractivity contribution < 1.29 is 9.18 Å². The van der Waals surface area contributed by atoms with Crippen LogP contribution >= 0.6 is 0 Å². The highest BCUT2D eigenvalue weighted by atomic mass is 19.1. The van der Waals surface area contributed by atoms with Gasteiger partial charge in [0.2, 0.25) is 5.91 Å². The summed E-state index contributed by atoms with van der Waals surface area (Å²) in [6, 6.07) is 13.7. The van der Waals surface area contributed by atoms with Gasteiger partial charge in [0.05, 0.1) is 24.6 Å². The molecule has 0 atom stereocenters. The molecule has 2 aromatic heterocycles. The van der Waals surface area contributed by atoms with E-state index in [2.05, 4.69) is 20.7 Å². The molecule has 0 aliphatic rings. The molecular formula is C22H19FN6O. The van der Waals surface area contributed by atoms with Gasteiger partial charge in [0.15, 0.2) is 0 Å². The standard InChI is InChI=1S/C22H19FN6O/c1-28-22(17-4-7-19(23)8-5-17)18(14-25-28)6-11-21(30)26-20-9-2-16(3-10-20)15-29-13-12-24-27-29/h2-14H,15H2,1H3,(H,26,30). The van der Waals surface area contributed by atoms with Crippen molar-refractivity contribution in [1.82, 2.24) is 24.8 Å². The molecular weight excluding hydrogens is 383 g/mol. The van der Waals surface area contributed by atoms with Gasteiger partial charge in [-0.15, -0.1) is 5.10 Å². The average molecular weight is 402 g/mol. The number of aryl methyl sites for hydroxylation is 1. The number of nitrogens with zero attached hydrogens (tertiary/aromatic N) is 5. The molecule has 1 amide bonds. The first-order valence-electron chi connectivity index (χ1n) is 9.28. The van der Waals surface area contributed by atoms with Crippen LogP contribution in [0.1, 0.15) is 11.1 Å². The first kappa shape index (κ1) is 19.3. The molecule has 4 rings (SSSR count).